The summed E-state index contributed by atoms with van der Waals surface area (Å²) >= 11 is 0. The van der Waals surface area contributed by atoms with E-state index in [0.717, 1.165) is 0 Å². The van der Waals surface area contributed by atoms with Gasteiger partial charge in [-0.15, -0.1) is 0 Å². The number of benzene rings is 2. The summed E-state index contributed by atoms with van der Waals surface area (Å²) in [4.78, 5) is 0. The van der Waals surface area contributed by atoms with Gasteiger partial charge in [-0.05, 0) is 23.1 Å². The van der Waals surface area contributed by atoms with Crippen molar-refractivity contribution in [3.8, 4) is 0 Å². The van der Waals surface area contributed by atoms with E-state index in [2.05, 4.69) is 75.4 Å². The Kier molecular flexibility index (Phi) is 3.86. The lowest BCUT2D eigenvalue weighted by Crippen LogP contribution is -2.18. The molecule has 0 saturated carbocycles. The van der Waals surface area contributed by atoms with Crippen LogP contribution < -0.4 is 0 Å². The maximum Gasteiger partial charge on any atom is 0.0146 e. The Morgan fingerprint density at radius 3 is 1.89 bits per heavy atom. The van der Waals surface area contributed by atoms with Crippen molar-refractivity contribution in [1.29, 1.82) is 0 Å². The quantitative estimate of drug-likeness (QED) is 0.706. The van der Waals surface area contributed by atoms with E-state index in [9.17, 15) is 0 Å². The van der Waals surface area contributed by atoms with E-state index in [-0.39, 0.29) is 5.41 Å². The molecule has 0 unspecified atom stereocenters. The van der Waals surface area contributed by atoms with E-state index in [4.69, 9.17) is 0 Å². The summed E-state index contributed by atoms with van der Waals surface area (Å²) in [6, 6.07) is 19.8. The van der Waals surface area contributed by atoms with Crippen LogP contribution in [-0.4, -0.2) is 0 Å². The molecule has 0 aliphatic heterocycles. The molecule has 0 fully saturated rings. The highest BCUT2D eigenvalue weighted by Crippen LogP contribution is 2.31. The molecule has 0 amide bonds. The summed E-state index contributed by atoms with van der Waals surface area (Å²) in [5.41, 5.74) is 4.26. The van der Waals surface area contributed by atoms with E-state index in [0.29, 0.717) is 0 Å². The highest BCUT2D eigenvalue weighted by molar-refractivity contribution is 5.38. The van der Waals surface area contributed by atoms with Gasteiger partial charge in [0.15, 0.2) is 0 Å². The predicted molar refractivity (Wildman–Crippen MR) is 79.0 cm³/mol. The van der Waals surface area contributed by atoms with Crippen LogP contribution in [0.4, 0.5) is 0 Å². The van der Waals surface area contributed by atoms with Crippen LogP contribution in [0, 0.1) is 0 Å². The van der Waals surface area contributed by atoms with Crippen LogP contribution >= 0.6 is 0 Å². The highest BCUT2D eigenvalue weighted by Gasteiger charge is 2.22. The summed E-state index contributed by atoms with van der Waals surface area (Å²) < 4.78 is 0. The predicted octanol–water partition coefficient (Wildman–Crippen LogP) is 4.97. The molecule has 2 aromatic carbocycles. The van der Waals surface area contributed by atoms with E-state index in [1.807, 2.05) is 0 Å². The van der Waals surface area contributed by atoms with Crippen molar-refractivity contribution < 1.29 is 0 Å². The van der Waals surface area contributed by atoms with Crippen LogP contribution in [0.15, 0.2) is 54.6 Å². The molecule has 2 rings (SSSR count). The lowest BCUT2D eigenvalue weighted by Gasteiger charge is -2.26. The molecule has 0 aliphatic carbocycles. The van der Waals surface area contributed by atoms with Gasteiger partial charge < -0.3 is 0 Å². The normalized spacial score (nSPS) is 11.5. The molecule has 0 atom stereocenters. The maximum absolute atomic E-state index is 2.29. The zero-order chi connectivity index (χ0) is 13.0. The monoisotopic (exact) mass is 238 g/mol. The average Bonchev–Trinajstić information content (AvgIpc) is 2.41. The minimum absolute atomic E-state index is 0.0754. The van der Waals surface area contributed by atoms with Crippen LogP contribution in [0.1, 0.15) is 43.9 Å². The standard InChI is InChI=1S/C18H22/c1-4-8-15-11-13-17(14-12-15)18(2,3)16-9-6-5-7-10-16/h5-7,9-14H,4,8H2,1-3H3. The molecule has 0 N–H and O–H groups in total. The van der Waals surface area contributed by atoms with E-state index in [1.54, 1.807) is 0 Å². The van der Waals surface area contributed by atoms with Gasteiger partial charge in [-0.25, -0.2) is 0 Å². The molecule has 0 bridgehead atoms. The highest BCUT2D eigenvalue weighted by atomic mass is 14.3. The smallest absolute Gasteiger partial charge is 0.0146 e. The Labute approximate surface area is 111 Å². The number of rotatable bonds is 4. The van der Waals surface area contributed by atoms with Crippen molar-refractivity contribution in [2.24, 2.45) is 0 Å². The first kappa shape index (κ1) is 12.9. The second kappa shape index (κ2) is 5.39. The number of hydrogen-bond acceptors (Lipinski definition) is 0. The molecule has 0 aromatic heterocycles. The molecular formula is C18H22. The number of aryl methyl sites for hydroxylation is 1. The minimum Gasteiger partial charge on any atom is -0.0651 e. The molecule has 0 saturated heterocycles. The van der Waals surface area contributed by atoms with Crippen molar-refractivity contribution in [3.63, 3.8) is 0 Å². The summed E-state index contributed by atoms with van der Waals surface area (Å²) in [6.07, 6.45) is 2.38. The Morgan fingerprint density at radius 1 is 0.778 bits per heavy atom. The molecule has 0 heterocycles. The van der Waals surface area contributed by atoms with E-state index >= 15 is 0 Å². The van der Waals surface area contributed by atoms with Gasteiger partial charge in [-0.3, -0.25) is 0 Å². The van der Waals surface area contributed by atoms with Gasteiger partial charge in [-0.1, -0.05) is 81.8 Å². The molecule has 0 radical (unpaired) electrons. The summed E-state index contributed by atoms with van der Waals surface area (Å²) in [5, 5.41) is 0. The van der Waals surface area contributed by atoms with Gasteiger partial charge in [0.1, 0.15) is 0 Å². The first-order valence-electron chi connectivity index (χ1n) is 6.79. The third-order valence-corrected chi connectivity index (χ3v) is 3.71. The van der Waals surface area contributed by atoms with Crippen LogP contribution in [-0.2, 0) is 11.8 Å². The van der Waals surface area contributed by atoms with Crippen LogP contribution in [0.2, 0.25) is 0 Å². The van der Waals surface area contributed by atoms with Gasteiger partial charge in [0.05, 0.1) is 0 Å². The van der Waals surface area contributed by atoms with Gasteiger partial charge in [0.25, 0.3) is 0 Å². The van der Waals surface area contributed by atoms with Crippen LogP contribution in [0.5, 0.6) is 0 Å². The fraction of sp³-hybridized carbons (Fsp3) is 0.333. The fourth-order valence-corrected chi connectivity index (χ4v) is 2.40. The largest absolute Gasteiger partial charge is 0.0651 e. The maximum atomic E-state index is 2.29. The van der Waals surface area contributed by atoms with Crippen molar-refractivity contribution in [2.75, 3.05) is 0 Å². The summed E-state index contributed by atoms with van der Waals surface area (Å²) in [7, 11) is 0. The third kappa shape index (κ3) is 2.64. The lowest BCUT2D eigenvalue weighted by molar-refractivity contribution is 0.640. The summed E-state index contributed by atoms with van der Waals surface area (Å²) in [6.45, 7) is 6.80. The Hall–Kier alpha value is -1.56. The van der Waals surface area contributed by atoms with Gasteiger partial charge >= 0.3 is 0 Å². The molecular weight excluding hydrogens is 216 g/mol. The molecule has 0 nitrogen and oxygen atoms in total. The minimum atomic E-state index is 0.0754. The molecule has 0 aliphatic rings. The SMILES string of the molecule is CCCc1ccc(C(C)(C)c2ccccc2)cc1. The zero-order valence-electron chi connectivity index (χ0n) is 11.6. The second-order valence-corrected chi connectivity index (χ2v) is 5.44. The molecule has 2 aromatic rings. The van der Waals surface area contributed by atoms with Gasteiger partial charge in [-0.2, -0.15) is 0 Å². The Morgan fingerprint density at radius 2 is 1.33 bits per heavy atom. The first-order chi connectivity index (χ1) is 8.64. The summed E-state index contributed by atoms with van der Waals surface area (Å²) in [5.74, 6) is 0. The van der Waals surface area contributed by atoms with E-state index < -0.39 is 0 Å². The molecule has 0 spiro atoms. The van der Waals surface area contributed by atoms with Crippen LogP contribution in [0.3, 0.4) is 0 Å². The third-order valence-electron chi connectivity index (χ3n) is 3.71. The lowest BCUT2D eigenvalue weighted by atomic mass is 9.78. The molecule has 18 heavy (non-hydrogen) atoms. The van der Waals surface area contributed by atoms with Crippen LogP contribution in [0.25, 0.3) is 0 Å². The molecule has 0 heteroatoms. The van der Waals surface area contributed by atoms with E-state index in [1.165, 1.54) is 29.5 Å². The van der Waals surface area contributed by atoms with Crippen molar-refractivity contribution >= 4 is 0 Å². The first-order valence-corrected chi connectivity index (χ1v) is 6.79. The zero-order valence-corrected chi connectivity index (χ0v) is 11.6. The Balaban J connectivity index is 2.30. The second-order valence-electron chi connectivity index (χ2n) is 5.44. The van der Waals surface area contributed by atoms with Crippen molar-refractivity contribution in [3.05, 3.63) is 71.3 Å². The Bertz CT molecular complexity index is 477. The topological polar surface area (TPSA) is 0 Å². The van der Waals surface area contributed by atoms with Crippen molar-refractivity contribution in [2.45, 2.75) is 39.0 Å². The van der Waals surface area contributed by atoms with Crippen molar-refractivity contribution in [1.82, 2.24) is 0 Å². The average molecular weight is 238 g/mol. The fourth-order valence-electron chi connectivity index (χ4n) is 2.40. The van der Waals surface area contributed by atoms with Gasteiger partial charge in [0.2, 0.25) is 0 Å². The molecule has 94 valence electrons. The number of hydrogen-bond donors (Lipinski definition) is 0. The van der Waals surface area contributed by atoms with Gasteiger partial charge in [0, 0.05) is 5.41 Å².